The van der Waals surface area contributed by atoms with Gasteiger partial charge in [-0.3, -0.25) is 0 Å². The van der Waals surface area contributed by atoms with E-state index in [1.165, 1.54) is 29.5 Å². The molecule has 0 atom stereocenters. The van der Waals surface area contributed by atoms with E-state index in [-0.39, 0.29) is 5.82 Å². The Bertz CT molecular complexity index is 747. The number of aromatic amines is 1. The third-order valence-electron chi connectivity index (χ3n) is 2.97. The molecule has 5 heteroatoms. The van der Waals surface area contributed by atoms with E-state index < -0.39 is 0 Å². The Kier molecular flexibility index (Phi) is 3.36. The molecule has 0 saturated carbocycles. The number of H-pyrrole nitrogens is 1. The Labute approximate surface area is 120 Å². The number of rotatable bonds is 3. The number of nitrogens with two attached hydrogens (primary N) is 1. The molecular weight excluding hydrogens is 273 g/mol. The highest BCUT2D eigenvalue weighted by Gasteiger charge is 2.05. The summed E-state index contributed by atoms with van der Waals surface area (Å²) in [6, 6.07) is 10.7. The van der Waals surface area contributed by atoms with Gasteiger partial charge in [-0.25, -0.2) is 9.37 Å². The van der Waals surface area contributed by atoms with Crippen molar-refractivity contribution in [1.82, 2.24) is 9.97 Å². The number of thioether (sulfide) groups is 1. The smallest absolute Gasteiger partial charge is 0.166 e. The number of fused-ring (bicyclic) bond motifs is 1. The fourth-order valence-electron chi connectivity index (χ4n) is 2.08. The fourth-order valence-corrected chi connectivity index (χ4v) is 2.89. The maximum atomic E-state index is 13.3. The number of anilines is 1. The van der Waals surface area contributed by atoms with Crippen molar-refractivity contribution in [2.24, 2.45) is 0 Å². The van der Waals surface area contributed by atoms with Crippen LogP contribution in [-0.2, 0) is 5.75 Å². The molecule has 1 heterocycles. The molecule has 3 rings (SSSR count). The number of aryl methyl sites for hydroxylation is 1. The van der Waals surface area contributed by atoms with Gasteiger partial charge in [-0.15, -0.1) is 0 Å². The van der Waals surface area contributed by atoms with E-state index in [4.69, 9.17) is 5.73 Å². The lowest BCUT2D eigenvalue weighted by atomic mass is 10.2. The van der Waals surface area contributed by atoms with E-state index in [0.29, 0.717) is 11.4 Å². The fraction of sp³-hybridized carbons (Fsp3) is 0.133. The normalized spacial score (nSPS) is 11.1. The highest BCUT2D eigenvalue weighted by Crippen LogP contribution is 2.24. The number of nitrogen functional groups attached to an aromatic ring is 1. The van der Waals surface area contributed by atoms with Gasteiger partial charge in [0.2, 0.25) is 0 Å². The van der Waals surface area contributed by atoms with E-state index in [9.17, 15) is 4.39 Å². The van der Waals surface area contributed by atoms with Crippen LogP contribution in [0.3, 0.4) is 0 Å². The maximum absolute atomic E-state index is 13.3. The Morgan fingerprint density at radius 2 is 2.10 bits per heavy atom. The minimum absolute atomic E-state index is 0.305. The molecule has 0 radical (unpaired) electrons. The predicted molar refractivity (Wildman–Crippen MR) is 81.2 cm³/mol. The molecule has 0 unspecified atom stereocenters. The molecule has 0 bridgehead atoms. The van der Waals surface area contributed by atoms with Gasteiger partial charge in [-0.1, -0.05) is 17.8 Å². The molecule has 0 aliphatic carbocycles. The second-order valence-corrected chi connectivity index (χ2v) is 5.71. The molecule has 20 heavy (non-hydrogen) atoms. The first-order valence-electron chi connectivity index (χ1n) is 6.24. The molecule has 0 aliphatic heterocycles. The summed E-state index contributed by atoms with van der Waals surface area (Å²) in [6.45, 7) is 2.04. The van der Waals surface area contributed by atoms with E-state index in [2.05, 4.69) is 16.0 Å². The van der Waals surface area contributed by atoms with Crippen molar-refractivity contribution in [3.05, 3.63) is 53.3 Å². The zero-order valence-corrected chi connectivity index (χ0v) is 11.8. The van der Waals surface area contributed by atoms with Crippen molar-refractivity contribution in [3.63, 3.8) is 0 Å². The summed E-state index contributed by atoms with van der Waals surface area (Å²) in [5, 5.41) is 0.827. The lowest BCUT2D eigenvalue weighted by Crippen LogP contribution is -1.90. The molecular formula is C15H14FN3S. The summed E-state index contributed by atoms with van der Waals surface area (Å²) >= 11 is 1.53. The monoisotopic (exact) mass is 287 g/mol. The summed E-state index contributed by atoms with van der Waals surface area (Å²) in [4.78, 5) is 7.76. The van der Waals surface area contributed by atoms with Gasteiger partial charge >= 0.3 is 0 Å². The Morgan fingerprint density at radius 1 is 1.25 bits per heavy atom. The number of aromatic nitrogens is 2. The second kappa shape index (κ2) is 5.17. The first kappa shape index (κ1) is 13.0. The van der Waals surface area contributed by atoms with Gasteiger partial charge in [0.25, 0.3) is 0 Å². The van der Waals surface area contributed by atoms with Crippen molar-refractivity contribution < 1.29 is 4.39 Å². The van der Waals surface area contributed by atoms with Gasteiger partial charge in [0.05, 0.1) is 11.0 Å². The van der Waals surface area contributed by atoms with E-state index >= 15 is 0 Å². The molecule has 0 aliphatic rings. The third-order valence-corrected chi connectivity index (χ3v) is 3.92. The average Bonchev–Trinajstić information content (AvgIpc) is 2.77. The van der Waals surface area contributed by atoms with Crippen LogP contribution in [0.2, 0.25) is 0 Å². The Morgan fingerprint density at radius 3 is 2.90 bits per heavy atom. The van der Waals surface area contributed by atoms with Gasteiger partial charge in [0.1, 0.15) is 5.82 Å². The molecule has 3 aromatic rings. The number of nitrogens with zero attached hydrogens (tertiary/aromatic N) is 1. The number of halogens is 1. The minimum Gasteiger partial charge on any atom is -0.399 e. The summed E-state index contributed by atoms with van der Waals surface area (Å²) in [7, 11) is 0. The number of benzene rings is 2. The summed E-state index contributed by atoms with van der Waals surface area (Å²) in [5.41, 5.74) is 10.1. The topological polar surface area (TPSA) is 54.7 Å². The van der Waals surface area contributed by atoms with Crippen molar-refractivity contribution in [3.8, 4) is 0 Å². The molecule has 2 aromatic carbocycles. The van der Waals surface area contributed by atoms with Gasteiger partial charge < -0.3 is 10.7 Å². The predicted octanol–water partition coefficient (Wildman–Crippen LogP) is 3.88. The molecule has 3 N–H and O–H groups in total. The number of imidazole rings is 1. The van der Waals surface area contributed by atoms with Gasteiger partial charge in [-0.05, 0) is 48.4 Å². The average molecular weight is 287 g/mol. The molecule has 0 fully saturated rings. The van der Waals surface area contributed by atoms with Crippen molar-refractivity contribution in [1.29, 1.82) is 0 Å². The number of hydrogen-bond acceptors (Lipinski definition) is 3. The van der Waals surface area contributed by atoms with Crippen LogP contribution in [0.15, 0.2) is 41.6 Å². The zero-order valence-electron chi connectivity index (χ0n) is 11.0. The van der Waals surface area contributed by atoms with Gasteiger partial charge in [0.15, 0.2) is 5.16 Å². The number of nitrogens with one attached hydrogen (secondary N) is 1. The molecule has 0 spiro atoms. The lowest BCUT2D eigenvalue weighted by molar-refractivity contribution is 0.627. The number of hydrogen-bond donors (Lipinski definition) is 2. The Balaban J connectivity index is 1.79. The first-order valence-corrected chi connectivity index (χ1v) is 7.23. The SMILES string of the molecule is Cc1ccc2nc(SCc3cc(N)cc(F)c3)[nH]c2c1. The van der Waals surface area contributed by atoms with Crippen LogP contribution in [0.1, 0.15) is 11.1 Å². The molecule has 0 amide bonds. The Hall–Kier alpha value is -2.01. The lowest BCUT2D eigenvalue weighted by Gasteiger charge is -2.01. The largest absolute Gasteiger partial charge is 0.399 e. The van der Waals surface area contributed by atoms with Crippen LogP contribution in [0, 0.1) is 12.7 Å². The zero-order chi connectivity index (χ0) is 14.1. The van der Waals surface area contributed by atoms with Crippen LogP contribution >= 0.6 is 11.8 Å². The van der Waals surface area contributed by atoms with Crippen molar-refractivity contribution in [2.45, 2.75) is 17.8 Å². The third kappa shape index (κ3) is 2.77. The highest BCUT2D eigenvalue weighted by atomic mass is 32.2. The molecule has 1 aromatic heterocycles. The van der Waals surface area contributed by atoms with Crippen LogP contribution in [0.4, 0.5) is 10.1 Å². The second-order valence-electron chi connectivity index (χ2n) is 4.74. The van der Waals surface area contributed by atoms with Crippen LogP contribution in [0.5, 0.6) is 0 Å². The summed E-state index contributed by atoms with van der Waals surface area (Å²) in [5.74, 6) is 0.321. The van der Waals surface area contributed by atoms with Crippen LogP contribution < -0.4 is 5.73 Å². The van der Waals surface area contributed by atoms with Crippen LogP contribution in [0.25, 0.3) is 11.0 Å². The van der Waals surface area contributed by atoms with Crippen LogP contribution in [-0.4, -0.2) is 9.97 Å². The molecule has 3 nitrogen and oxygen atoms in total. The van der Waals surface area contributed by atoms with E-state index in [0.717, 1.165) is 21.8 Å². The quantitative estimate of drug-likeness (QED) is 0.567. The highest BCUT2D eigenvalue weighted by molar-refractivity contribution is 7.98. The summed E-state index contributed by atoms with van der Waals surface area (Å²) < 4.78 is 13.3. The van der Waals surface area contributed by atoms with E-state index in [1.54, 1.807) is 6.07 Å². The maximum Gasteiger partial charge on any atom is 0.166 e. The minimum atomic E-state index is -0.305. The molecule has 102 valence electrons. The van der Waals surface area contributed by atoms with Gasteiger partial charge in [-0.2, -0.15) is 0 Å². The standard InChI is InChI=1S/C15H14FN3S/c1-9-2-3-13-14(4-9)19-15(18-13)20-8-10-5-11(16)7-12(17)6-10/h2-7H,8,17H2,1H3,(H,18,19). The summed E-state index contributed by atoms with van der Waals surface area (Å²) in [6.07, 6.45) is 0. The van der Waals surface area contributed by atoms with Crippen molar-refractivity contribution >= 4 is 28.5 Å². The first-order chi connectivity index (χ1) is 9.60. The van der Waals surface area contributed by atoms with Crippen molar-refractivity contribution in [2.75, 3.05) is 5.73 Å². The van der Waals surface area contributed by atoms with Gasteiger partial charge in [0, 0.05) is 11.4 Å². The molecule has 0 saturated heterocycles. The van der Waals surface area contributed by atoms with E-state index in [1.807, 2.05) is 19.1 Å².